The van der Waals surface area contributed by atoms with Crippen LogP contribution in [0.2, 0.25) is 0 Å². The second-order valence-corrected chi connectivity index (χ2v) is 7.75. The van der Waals surface area contributed by atoms with Gasteiger partial charge in [-0.25, -0.2) is 4.79 Å². The number of rotatable bonds is 3. The number of hydrogen-bond acceptors (Lipinski definition) is 3. The molecule has 0 bridgehead atoms. The van der Waals surface area contributed by atoms with Gasteiger partial charge in [0.15, 0.2) is 0 Å². The van der Waals surface area contributed by atoms with Gasteiger partial charge in [0, 0.05) is 0 Å². The summed E-state index contributed by atoms with van der Waals surface area (Å²) in [7, 11) is 0. The molecule has 1 fully saturated rings. The predicted octanol–water partition coefficient (Wildman–Crippen LogP) is 4.85. The topological polar surface area (TPSA) is 38.8 Å². The molecule has 2 rings (SSSR count). The summed E-state index contributed by atoms with van der Waals surface area (Å²) in [5.41, 5.74) is 1.22. The van der Waals surface area contributed by atoms with Crippen LogP contribution in [0.15, 0.2) is 36.4 Å². The molecule has 0 aliphatic carbocycles. The highest BCUT2D eigenvalue weighted by molar-refractivity contribution is 5.70. The van der Waals surface area contributed by atoms with Gasteiger partial charge in [0.1, 0.15) is 11.3 Å². The maximum Gasteiger partial charge on any atom is 0.412 e. The lowest BCUT2D eigenvalue weighted by atomic mass is 10.0. The lowest BCUT2D eigenvalue weighted by Crippen LogP contribution is -2.49. The molecular weight excluding hydrogens is 302 g/mol. The molecule has 0 unspecified atom stereocenters. The van der Waals surface area contributed by atoms with E-state index < -0.39 is 11.3 Å². The number of amides is 1. The molecule has 1 aromatic rings. The van der Waals surface area contributed by atoms with Crippen LogP contribution in [0, 0.1) is 0 Å². The summed E-state index contributed by atoms with van der Waals surface area (Å²) in [4.78, 5) is 14.3. The molecule has 1 aliphatic heterocycles. The van der Waals surface area contributed by atoms with E-state index in [0.29, 0.717) is 6.61 Å². The van der Waals surface area contributed by atoms with E-state index in [1.54, 1.807) is 4.90 Å². The van der Waals surface area contributed by atoms with E-state index in [1.807, 2.05) is 52.8 Å². The average molecular weight is 331 g/mol. The first-order chi connectivity index (χ1) is 11.1. The molecule has 1 heterocycles. The van der Waals surface area contributed by atoms with E-state index in [4.69, 9.17) is 9.47 Å². The number of allylic oxidation sites excluding steroid dienone is 1. The SMILES string of the molecule is CC(=CC[C@H]1COC(C)(C)N1C(=O)OC(C)(C)C)c1ccccc1. The summed E-state index contributed by atoms with van der Waals surface area (Å²) < 4.78 is 11.4. The summed E-state index contributed by atoms with van der Waals surface area (Å²) in [5.74, 6) is 0. The van der Waals surface area contributed by atoms with E-state index in [2.05, 4.69) is 25.1 Å². The highest BCUT2D eigenvalue weighted by Gasteiger charge is 2.45. The van der Waals surface area contributed by atoms with Crippen molar-refractivity contribution in [3.05, 3.63) is 42.0 Å². The zero-order chi connectivity index (χ0) is 18.0. The van der Waals surface area contributed by atoms with E-state index in [-0.39, 0.29) is 12.1 Å². The predicted molar refractivity (Wildman–Crippen MR) is 96.6 cm³/mol. The van der Waals surface area contributed by atoms with Crippen molar-refractivity contribution in [1.29, 1.82) is 0 Å². The van der Waals surface area contributed by atoms with Crippen LogP contribution in [-0.2, 0) is 9.47 Å². The van der Waals surface area contributed by atoms with Gasteiger partial charge in [0.25, 0.3) is 0 Å². The van der Waals surface area contributed by atoms with Crippen molar-refractivity contribution in [1.82, 2.24) is 4.90 Å². The first-order valence-electron chi connectivity index (χ1n) is 8.48. The lowest BCUT2D eigenvalue weighted by molar-refractivity contribution is -0.0623. The van der Waals surface area contributed by atoms with Gasteiger partial charge in [-0.3, -0.25) is 4.90 Å². The maximum absolute atomic E-state index is 12.6. The fourth-order valence-corrected chi connectivity index (χ4v) is 2.87. The summed E-state index contributed by atoms with van der Waals surface area (Å²) in [5, 5.41) is 0. The molecule has 132 valence electrons. The number of hydrogen-bond donors (Lipinski definition) is 0. The number of nitrogens with zero attached hydrogens (tertiary/aromatic N) is 1. The lowest BCUT2D eigenvalue weighted by Gasteiger charge is -2.35. The minimum Gasteiger partial charge on any atom is -0.444 e. The van der Waals surface area contributed by atoms with Gasteiger partial charge >= 0.3 is 6.09 Å². The third-order valence-electron chi connectivity index (χ3n) is 4.09. The fourth-order valence-electron chi connectivity index (χ4n) is 2.87. The smallest absolute Gasteiger partial charge is 0.412 e. The second kappa shape index (κ2) is 6.98. The Morgan fingerprint density at radius 3 is 2.54 bits per heavy atom. The molecule has 1 atom stereocenters. The molecular formula is C20H29NO3. The molecule has 24 heavy (non-hydrogen) atoms. The molecule has 0 N–H and O–H groups in total. The van der Waals surface area contributed by atoms with Gasteiger partial charge in [-0.05, 0) is 59.1 Å². The Bertz CT molecular complexity index is 599. The molecule has 1 amide bonds. The third kappa shape index (κ3) is 4.60. The first-order valence-corrected chi connectivity index (χ1v) is 8.48. The summed E-state index contributed by atoms with van der Waals surface area (Å²) in [6.45, 7) is 12.1. The van der Waals surface area contributed by atoms with Crippen LogP contribution in [0.3, 0.4) is 0 Å². The van der Waals surface area contributed by atoms with Gasteiger partial charge in [-0.1, -0.05) is 36.4 Å². The highest BCUT2D eigenvalue weighted by atomic mass is 16.6. The molecule has 0 saturated carbocycles. The molecule has 1 aromatic carbocycles. The fraction of sp³-hybridized carbons (Fsp3) is 0.550. The van der Waals surface area contributed by atoms with E-state index in [9.17, 15) is 4.79 Å². The van der Waals surface area contributed by atoms with E-state index in [0.717, 1.165) is 6.42 Å². The standard InChI is InChI=1S/C20H29NO3/c1-15(16-10-8-7-9-11-16)12-13-17-14-23-20(5,6)21(17)18(22)24-19(2,3)4/h7-12,17H,13-14H2,1-6H3/t17-/m0/s1. The van der Waals surface area contributed by atoms with Crippen molar-refractivity contribution in [2.75, 3.05) is 6.61 Å². The molecule has 4 nitrogen and oxygen atoms in total. The summed E-state index contributed by atoms with van der Waals surface area (Å²) in [6, 6.07) is 10.2. The molecule has 1 saturated heterocycles. The Labute approximate surface area is 145 Å². The molecule has 4 heteroatoms. The minimum absolute atomic E-state index is 0.0199. The van der Waals surface area contributed by atoms with Crippen molar-refractivity contribution >= 4 is 11.7 Å². The van der Waals surface area contributed by atoms with Crippen molar-refractivity contribution < 1.29 is 14.3 Å². The van der Waals surface area contributed by atoms with Crippen LogP contribution >= 0.6 is 0 Å². The third-order valence-corrected chi connectivity index (χ3v) is 4.09. The number of ether oxygens (including phenoxy) is 2. The van der Waals surface area contributed by atoms with Crippen molar-refractivity contribution in [2.45, 2.75) is 65.3 Å². The quantitative estimate of drug-likeness (QED) is 0.794. The van der Waals surface area contributed by atoms with Crippen molar-refractivity contribution in [3.63, 3.8) is 0 Å². The van der Waals surface area contributed by atoms with Crippen LogP contribution in [0.25, 0.3) is 5.57 Å². The molecule has 0 spiro atoms. The average Bonchev–Trinajstić information content (AvgIpc) is 2.78. The first kappa shape index (κ1) is 18.5. The molecule has 0 aromatic heterocycles. The van der Waals surface area contributed by atoms with Gasteiger partial charge in [-0.2, -0.15) is 0 Å². The van der Waals surface area contributed by atoms with Crippen molar-refractivity contribution in [2.24, 2.45) is 0 Å². The van der Waals surface area contributed by atoms with Crippen LogP contribution in [0.5, 0.6) is 0 Å². The monoisotopic (exact) mass is 331 g/mol. The zero-order valence-electron chi connectivity index (χ0n) is 15.6. The van der Waals surface area contributed by atoms with Crippen LogP contribution < -0.4 is 0 Å². The minimum atomic E-state index is -0.651. The van der Waals surface area contributed by atoms with Gasteiger partial charge in [-0.15, -0.1) is 0 Å². The summed E-state index contributed by atoms with van der Waals surface area (Å²) in [6.07, 6.45) is 2.59. The largest absolute Gasteiger partial charge is 0.444 e. The second-order valence-electron chi connectivity index (χ2n) is 7.75. The van der Waals surface area contributed by atoms with E-state index in [1.165, 1.54) is 11.1 Å². The Morgan fingerprint density at radius 1 is 1.33 bits per heavy atom. The number of benzene rings is 1. The zero-order valence-corrected chi connectivity index (χ0v) is 15.6. The normalized spacial score (nSPS) is 21.0. The van der Waals surface area contributed by atoms with Crippen molar-refractivity contribution in [3.8, 4) is 0 Å². The number of carbonyl (C=O) groups is 1. The van der Waals surface area contributed by atoms with Crippen LogP contribution in [0.4, 0.5) is 4.79 Å². The van der Waals surface area contributed by atoms with E-state index >= 15 is 0 Å². The van der Waals surface area contributed by atoms with Gasteiger partial charge in [0.05, 0.1) is 12.6 Å². The number of carbonyl (C=O) groups excluding carboxylic acids is 1. The summed E-state index contributed by atoms with van der Waals surface area (Å²) >= 11 is 0. The molecule has 1 aliphatic rings. The highest BCUT2D eigenvalue weighted by Crippen LogP contribution is 2.31. The van der Waals surface area contributed by atoms with Gasteiger partial charge < -0.3 is 9.47 Å². The Balaban J connectivity index is 2.12. The Hall–Kier alpha value is -1.81. The van der Waals surface area contributed by atoms with Gasteiger partial charge in [0.2, 0.25) is 0 Å². The molecule has 0 radical (unpaired) electrons. The van der Waals surface area contributed by atoms with Crippen LogP contribution in [-0.4, -0.2) is 35.0 Å². The Kier molecular flexibility index (Phi) is 5.38. The Morgan fingerprint density at radius 2 is 1.96 bits per heavy atom. The van der Waals surface area contributed by atoms with Crippen LogP contribution in [0.1, 0.15) is 53.5 Å². The maximum atomic E-state index is 12.6.